The predicted molar refractivity (Wildman–Crippen MR) is 134 cm³/mol. The summed E-state index contributed by atoms with van der Waals surface area (Å²) in [5, 5.41) is 6.18. The molecule has 0 aromatic heterocycles. The van der Waals surface area contributed by atoms with Gasteiger partial charge in [-0.3, -0.25) is 9.59 Å². The van der Waals surface area contributed by atoms with Crippen LogP contribution in [0.3, 0.4) is 0 Å². The Hall–Kier alpha value is -2.67. The van der Waals surface area contributed by atoms with Gasteiger partial charge in [0, 0.05) is 17.5 Å². The first-order valence-corrected chi connectivity index (χ1v) is 13.0. The SMILES string of the molecule is COc1ccc(CNC(=O)c2ccccc2SCC(=O)N[C@H](C)[C@@H]2C[C@H]3CC[C@H]2C3)cc1OC. The quantitative estimate of drug-likeness (QED) is 0.482. The Balaban J connectivity index is 1.30. The molecule has 4 rings (SSSR count). The maximum Gasteiger partial charge on any atom is 0.252 e. The van der Waals surface area contributed by atoms with E-state index < -0.39 is 0 Å². The zero-order valence-electron chi connectivity index (χ0n) is 20.1. The first kappa shape index (κ1) is 24.5. The second-order valence-electron chi connectivity index (χ2n) is 9.35. The molecule has 2 fully saturated rings. The number of thioether (sulfide) groups is 1. The van der Waals surface area contributed by atoms with Crippen molar-refractivity contribution in [2.45, 2.75) is 50.1 Å². The van der Waals surface area contributed by atoms with Crippen LogP contribution in [0.25, 0.3) is 0 Å². The van der Waals surface area contributed by atoms with Crippen LogP contribution in [0.5, 0.6) is 11.5 Å². The average molecular weight is 483 g/mol. The van der Waals surface area contributed by atoms with Crippen molar-refractivity contribution < 1.29 is 19.1 Å². The van der Waals surface area contributed by atoms with Gasteiger partial charge in [-0.05, 0) is 73.8 Å². The summed E-state index contributed by atoms with van der Waals surface area (Å²) in [5.41, 5.74) is 1.48. The fraction of sp³-hybridized carbons (Fsp3) is 0.481. The summed E-state index contributed by atoms with van der Waals surface area (Å²) in [4.78, 5) is 26.3. The van der Waals surface area contributed by atoms with E-state index in [0.29, 0.717) is 35.3 Å². The van der Waals surface area contributed by atoms with E-state index >= 15 is 0 Å². The third-order valence-corrected chi connectivity index (χ3v) is 8.29. The third-order valence-electron chi connectivity index (χ3n) is 7.22. The molecule has 2 aliphatic carbocycles. The van der Waals surface area contributed by atoms with Crippen LogP contribution in [0.15, 0.2) is 47.4 Å². The maximum atomic E-state index is 12.9. The molecule has 0 radical (unpaired) electrons. The molecular formula is C27H34N2O4S. The van der Waals surface area contributed by atoms with Crippen molar-refractivity contribution in [3.05, 3.63) is 53.6 Å². The fourth-order valence-corrected chi connectivity index (χ4v) is 6.36. The number of rotatable bonds is 10. The van der Waals surface area contributed by atoms with Crippen LogP contribution in [0.4, 0.5) is 0 Å². The van der Waals surface area contributed by atoms with Gasteiger partial charge in [0.15, 0.2) is 11.5 Å². The number of nitrogens with one attached hydrogen (secondary N) is 2. The van der Waals surface area contributed by atoms with Crippen LogP contribution < -0.4 is 20.1 Å². The van der Waals surface area contributed by atoms with Crippen LogP contribution in [0, 0.1) is 17.8 Å². The largest absolute Gasteiger partial charge is 0.493 e. The van der Waals surface area contributed by atoms with Gasteiger partial charge in [-0.2, -0.15) is 0 Å². The molecule has 2 aromatic carbocycles. The van der Waals surface area contributed by atoms with Crippen LogP contribution in [-0.4, -0.2) is 37.8 Å². The highest BCUT2D eigenvalue weighted by molar-refractivity contribution is 8.00. The van der Waals surface area contributed by atoms with Gasteiger partial charge in [0.05, 0.1) is 25.5 Å². The lowest BCUT2D eigenvalue weighted by Gasteiger charge is -2.28. The number of amides is 2. The number of benzene rings is 2. The van der Waals surface area contributed by atoms with Crippen molar-refractivity contribution in [1.29, 1.82) is 0 Å². The van der Waals surface area contributed by atoms with Crippen LogP contribution in [0.1, 0.15) is 48.5 Å². The Labute approximate surface area is 206 Å². The van der Waals surface area contributed by atoms with Gasteiger partial charge in [0.2, 0.25) is 5.91 Å². The van der Waals surface area contributed by atoms with Gasteiger partial charge < -0.3 is 20.1 Å². The topological polar surface area (TPSA) is 76.7 Å². The standard InChI is InChI=1S/C27H34N2O4S/c1-17(22-13-18-8-10-20(22)12-18)29-26(30)16-34-25-7-5-4-6-21(25)27(31)28-15-19-9-11-23(32-2)24(14-19)33-3/h4-7,9,11,14,17-18,20,22H,8,10,12-13,15-16H2,1-3H3,(H,28,31)(H,29,30)/t17-,18+,20+,22+/m1/s1. The second kappa shape index (κ2) is 11.2. The minimum Gasteiger partial charge on any atom is -0.493 e. The van der Waals surface area contributed by atoms with Gasteiger partial charge in [-0.15, -0.1) is 11.8 Å². The molecule has 2 N–H and O–H groups in total. The molecule has 2 amide bonds. The summed E-state index contributed by atoms with van der Waals surface area (Å²) in [6, 6.07) is 13.2. The van der Waals surface area contributed by atoms with Gasteiger partial charge in [-0.1, -0.05) is 24.6 Å². The Morgan fingerprint density at radius 1 is 1.06 bits per heavy atom. The molecule has 34 heavy (non-hydrogen) atoms. The van der Waals surface area contributed by atoms with Crippen molar-refractivity contribution in [1.82, 2.24) is 10.6 Å². The van der Waals surface area contributed by atoms with Gasteiger partial charge in [0.25, 0.3) is 5.91 Å². The lowest BCUT2D eigenvalue weighted by molar-refractivity contribution is -0.119. The second-order valence-corrected chi connectivity index (χ2v) is 10.4. The van der Waals surface area contributed by atoms with Crippen LogP contribution in [0.2, 0.25) is 0 Å². The molecule has 182 valence electrons. The molecule has 4 atom stereocenters. The van der Waals surface area contributed by atoms with Gasteiger partial charge >= 0.3 is 0 Å². The first-order valence-electron chi connectivity index (χ1n) is 12.0. The van der Waals surface area contributed by atoms with Crippen molar-refractivity contribution in [3.63, 3.8) is 0 Å². The lowest BCUT2D eigenvalue weighted by Crippen LogP contribution is -2.40. The van der Waals surface area contributed by atoms with E-state index in [1.165, 1.54) is 37.4 Å². The van der Waals surface area contributed by atoms with Crippen molar-refractivity contribution in [2.75, 3.05) is 20.0 Å². The monoisotopic (exact) mass is 482 g/mol. The molecule has 0 saturated heterocycles. The fourth-order valence-electron chi connectivity index (χ4n) is 5.50. The van der Waals surface area contributed by atoms with E-state index in [1.54, 1.807) is 20.3 Å². The van der Waals surface area contributed by atoms with Crippen LogP contribution >= 0.6 is 11.8 Å². The van der Waals surface area contributed by atoms with Crippen molar-refractivity contribution in [2.24, 2.45) is 17.8 Å². The summed E-state index contributed by atoms with van der Waals surface area (Å²) in [7, 11) is 3.18. The number of fused-ring (bicyclic) bond motifs is 2. The van der Waals surface area contributed by atoms with Gasteiger partial charge in [-0.25, -0.2) is 0 Å². The number of ether oxygens (including phenoxy) is 2. The van der Waals surface area contributed by atoms with Crippen molar-refractivity contribution in [3.8, 4) is 11.5 Å². The minimum atomic E-state index is -0.173. The van der Waals surface area contributed by atoms with Crippen molar-refractivity contribution >= 4 is 23.6 Å². The highest BCUT2D eigenvalue weighted by Gasteiger charge is 2.42. The van der Waals surface area contributed by atoms with E-state index in [4.69, 9.17) is 9.47 Å². The maximum absolute atomic E-state index is 12.9. The minimum absolute atomic E-state index is 0.0285. The molecule has 0 spiro atoms. The number of hydrogen-bond donors (Lipinski definition) is 2. The Bertz CT molecular complexity index is 1030. The smallest absolute Gasteiger partial charge is 0.252 e. The van der Waals surface area contributed by atoms with E-state index in [-0.39, 0.29) is 17.9 Å². The molecule has 0 aliphatic heterocycles. The molecule has 0 unspecified atom stereocenters. The summed E-state index contributed by atoms with van der Waals surface area (Å²) >= 11 is 1.41. The van der Waals surface area contributed by atoms with Gasteiger partial charge in [0.1, 0.15) is 0 Å². The average Bonchev–Trinajstić information content (AvgIpc) is 3.50. The normalized spacial score (nSPS) is 21.7. The molecule has 7 heteroatoms. The molecule has 2 aliphatic rings. The number of methoxy groups -OCH3 is 2. The van der Waals surface area contributed by atoms with E-state index in [2.05, 4.69) is 17.6 Å². The third kappa shape index (κ3) is 5.69. The molecule has 2 saturated carbocycles. The molecular weight excluding hydrogens is 448 g/mol. The number of carbonyl (C=O) groups is 2. The molecule has 2 bridgehead atoms. The summed E-state index contributed by atoms with van der Waals surface area (Å²) in [6.45, 7) is 2.50. The Morgan fingerprint density at radius 2 is 1.85 bits per heavy atom. The molecule has 6 nitrogen and oxygen atoms in total. The van der Waals surface area contributed by atoms with E-state index in [9.17, 15) is 9.59 Å². The summed E-state index contributed by atoms with van der Waals surface area (Å²) in [6.07, 6.45) is 5.27. The lowest BCUT2D eigenvalue weighted by atomic mass is 9.84. The van der Waals surface area contributed by atoms with E-state index in [1.807, 2.05) is 36.4 Å². The zero-order valence-corrected chi connectivity index (χ0v) is 21.0. The number of carbonyl (C=O) groups excluding carboxylic acids is 2. The van der Waals surface area contributed by atoms with E-state index in [0.717, 1.165) is 22.3 Å². The number of hydrogen-bond acceptors (Lipinski definition) is 5. The Morgan fingerprint density at radius 3 is 2.56 bits per heavy atom. The van der Waals surface area contributed by atoms with Crippen LogP contribution in [-0.2, 0) is 11.3 Å². The predicted octanol–water partition coefficient (Wildman–Crippen LogP) is 4.67. The molecule has 0 heterocycles. The zero-order chi connectivity index (χ0) is 24.1. The highest BCUT2D eigenvalue weighted by Crippen LogP contribution is 2.49. The summed E-state index contributed by atoms with van der Waals surface area (Å²) < 4.78 is 10.6. The summed E-state index contributed by atoms with van der Waals surface area (Å²) in [5.74, 6) is 3.68. The highest BCUT2D eigenvalue weighted by atomic mass is 32.2. The first-order chi connectivity index (χ1) is 16.5. The molecule has 2 aromatic rings. The Kier molecular flexibility index (Phi) is 8.03.